The lowest BCUT2D eigenvalue weighted by Crippen LogP contribution is -2.09. The number of carbonyl (C=O) groups excluding carboxylic acids is 2. The molecule has 0 saturated carbocycles. The molecule has 0 radical (unpaired) electrons. The molecule has 1 aromatic rings. The van der Waals surface area contributed by atoms with E-state index in [0.29, 0.717) is 5.56 Å². The van der Waals surface area contributed by atoms with Gasteiger partial charge in [-0.1, -0.05) is 12.1 Å². The number of benzene rings is 1. The largest absolute Gasteiger partial charge is 0.466 e. The third-order valence-electron chi connectivity index (χ3n) is 2.10. The van der Waals surface area contributed by atoms with Crippen molar-refractivity contribution in [1.82, 2.24) is 0 Å². The molecular formula is C12H13FO3. The Morgan fingerprint density at radius 2 is 2.06 bits per heavy atom. The molecule has 3 nitrogen and oxygen atoms in total. The van der Waals surface area contributed by atoms with E-state index in [4.69, 9.17) is 4.74 Å². The summed E-state index contributed by atoms with van der Waals surface area (Å²) < 4.78 is 18.2. The van der Waals surface area contributed by atoms with Gasteiger partial charge in [-0.05, 0) is 25.5 Å². The Morgan fingerprint density at radius 3 is 2.56 bits per heavy atom. The number of Topliss-reactive ketones (excluding diaryl/α,β-unsaturated/α-hetero) is 1. The Labute approximate surface area is 93.2 Å². The van der Waals surface area contributed by atoms with Gasteiger partial charge >= 0.3 is 5.97 Å². The van der Waals surface area contributed by atoms with E-state index in [2.05, 4.69) is 0 Å². The van der Waals surface area contributed by atoms with E-state index in [0.717, 1.165) is 6.07 Å². The highest BCUT2D eigenvalue weighted by Gasteiger charge is 2.10. The summed E-state index contributed by atoms with van der Waals surface area (Å²) >= 11 is 0. The van der Waals surface area contributed by atoms with Crippen molar-refractivity contribution in [2.24, 2.45) is 0 Å². The maximum absolute atomic E-state index is 13.5. The van der Waals surface area contributed by atoms with Crippen molar-refractivity contribution in [3.05, 3.63) is 35.1 Å². The normalized spacial score (nSPS) is 9.94. The lowest BCUT2D eigenvalue weighted by molar-refractivity contribution is -0.142. The van der Waals surface area contributed by atoms with Crippen LogP contribution in [0.15, 0.2) is 18.2 Å². The van der Waals surface area contributed by atoms with Gasteiger partial charge in [-0.15, -0.1) is 0 Å². The SMILES string of the molecule is CCOC(=O)Cc1ccc(C(C)=O)cc1F. The quantitative estimate of drug-likeness (QED) is 0.581. The van der Waals surface area contributed by atoms with E-state index in [-0.39, 0.29) is 24.4 Å². The topological polar surface area (TPSA) is 43.4 Å². The monoisotopic (exact) mass is 224 g/mol. The number of hydrogen-bond donors (Lipinski definition) is 0. The number of esters is 1. The second-order valence-corrected chi connectivity index (χ2v) is 3.34. The minimum absolute atomic E-state index is 0.113. The molecule has 0 atom stereocenters. The first kappa shape index (κ1) is 12.4. The molecule has 0 aliphatic rings. The summed E-state index contributed by atoms with van der Waals surface area (Å²) in [5.41, 5.74) is 0.536. The zero-order chi connectivity index (χ0) is 12.1. The summed E-state index contributed by atoms with van der Waals surface area (Å²) in [6.45, 7) is 3.32. The van der Waals surface area contributed by atoms with Gasteiger partial charge in [0, 0.05) is 5.56 Å². The molecular weight excluding hydrogens is 211 g/mol. The average Bonchev–Trinajstić information content (AvgIpc) is 2.21. The second kappa shape index (κ2) is 5.39. The molecule has 0 aliphatic carbocycles. The molecule has 0 aromatic heterocycles. The Bertz CT molecular complexity index is 413. The molecule has 0 saturated heterocycles. The number of hydrogen-bond acceptors (Lipinski definition) is 3. The molecule has 0 amide bonds. The van der Waals surface area contributed by atoms with Gasteiger partial charge in [0.25, 0.3) is 0 Å². The third-order valence-corrected chi connectivity index (χ3v) is 2.10. The molecule has 0 bridgehead atoms. The van der Waals surface area contributed by atoms with Crippen LogP contribution in [0.2, 0.25) is 0 Å². The number of ketones is 1. The van der Waals surface area contributed by atoms with Crippen LogP contribution in [0.25, 0.3) is 0 Å². The highest BCUT2D eigenvalue weighted by molar-refractivity contribution is 5.94. The fourth-order valence-electron chi connectivity index (χ4n) is 1.28. The fraction of sp³-hybridized carbons (Fsp3) is 0.333. The van der Waals surface area contributed by atoms with Crippen LogP contribution in [-0.4, -0.2) is 18.4 Å². The maximum atomic E-state index is 13.5. The smallest absolute Gasteiger partial charge is 0.310 e. The van der Waals surface area contributed by atoms with Gasteiger partial charge in [0.2, 0.25) is 0 Å². The van der Waals surface area contributed by atoms with Gasteiger partial charge < -0.3 is 4.74 Å². The summed E-state index contributed by atoms with van der Waals surface area (Å²) in [6, 6.07) is 4.07. The Balaban J connectivity index is 2.83. The molecule has 0 spiro atoms. The first-order chi connectivity index (χ1) is 7.54. The van der Waals surface area contributed by atoms with Crippen molar-refractivity contribution in [2.75, 3.05) is 6.61 Å². The molecule has 0 aliphatic heterocycles. The number of halogens is 1. The lowest BCUT2D eigenvalue weighted by Gasteiger charge is -2.04. The first-order valence-corrected chi connectivity index (χ1v) is 4.99. The molecule has 1 aromatic carbocycles. The van der Waals surface area contributed by atoms with Crippen molar-refractivity contribution in [3.8, 4) is 0 Å². The van der Waals surface area contributed by atoms with Crippen LogP contribution in [0, 0.1) is 5.82 Å². The summed E-state index contributed by atoms with van der Waals surface area (Å²) in [4.78, 5) is 22.1. The minimum atomic E-state index is -0.555. The number of ether oxygens (including phenoxy) is 1. The zero-order valence-corrected chi connectivity index (χ0v) is 9.25. The van der Waals surface area contributed by atoms with Crippen LogP contribution >= 0.6 is 0 Å². The molecule has 1 rings (SSSR count). The van der Waals surface area contributed by atoms with Crippen molar-refractivity contribution in [1.29, 1.82) is 0 Å². The standard InChI is InChI=1S/C12H13FO3/c1-3-16-12(15)7-10-5-4-9(8(2)14)6-11(10)13/h4-6H,3,7H2,1-2H3. The van der Waals surface area contributed by atoms with E-state index in [1.54, 1.807) is 6.92 Å². The Kier molecular flexibility index (Phi) is 4.17. The van der Waals surface area contributed by atoms with Crippen molar-refractivity contribution >= 4 is 11.8 Å². The summed E-state index contributed by atoms with van der Waals surface area (Å²) in [5.74, 6) is -1.24. The van der Waals surface area contributed by atoms with E-state index < -0.39 is 11.8 Å². The molecule has 0 heterocycles. The highest BCUT2D eigenvalue weighted by atomic mass is 19.1. The number of rotatable bonds is 4. The van der Waals surface area contributed by atoms with Crippen LogP contribution in [0.5, 0.6) is 0 Å². The van der Waals surface area contributed by atoms with Gasteiger partial charge in [-0.2, -0.15) is 0 Å². The Hall–Kier alpha value is -1.71. The van der Waals surface area contributed by atoms with Gasteiger partial charge in [-0.3, -0.25) is 9.59 Å². The van der Waals surface area contributed by atoms with E-state index in [9.17, 15) is 14.0 Å². The van der Waals surface area contributed by atoms with E-state index in [1.807, 2.05) is 0 Å². The van der Waals surface area contributed by atoms with Crippen molar-refractivity contribution in [3.63, 3.8) is 0 Å². The molecule has 86 valence electrons. The average molecular weight is 224 g/mol. The number of carbonyl (C=O) groups is 2. The zero-order valence-electron chi connectivity index (χ0n) is 9.25. The Morgan fingerprint density at radius 1 is 1.38 bits per heavy atom. The third kappa shape index (κ3) is 3.15. The molecule has 16 heavy (non-hydrogen) atoms. The van der Waals surface area contributed by atoms with Crippen LogP contribution in [-0.2, 0) is 16.0 Å². The molecule has 4 heteroatoms. The van der Waals surface area contributed by atoms with Crippen molar-refractivity contribution < 1.29 is 18.7 Å². The molecule has 0 unspecified atom stereocenters. The predicted molar refractivity (Wildman–Crippen MR) is 56.7 cm³/mol. The van der Waals surface area contributed by atoms with Crippen molar-refractivity contribution in [2.45, 2.75) is 20.3 Å². The summed E-state index contributed by atoms with van der Waals surface area (Å²) in [5, 5.41) is 0. The van der Waals surface area contributed by atoms with Gasteiger partial charge in [0.15, 0.2) is 5.78 Å². The van der Waals surface area contributed by atoms with Crippen LogP contribution in [0.3, 0.4) is 0 Å². The predicted octanol–water partition coefficient (Wildman–Crippen LogP) is 2.13. The second-order valence-electron chi connectivity index (χ2n) is 3.34. The maximum Gasteiger partial charge on any atom is 0.310 e. The fourth-order valence-corrected chi connectivity index (χ4v) is 1.28. The van der Waals surface area contributed by atoms with Gasteiger partial charge in [0.05, 0.1) is 13.0 Å². The van der Waals surface area contributed by atoms with Gasteiger partial charge in [0.1, 0.15) is 5.82 Å². The van der Waals surface area contributed by atoms with Crippen LogP contribution in [0.1, 0.15) is 29.8 Å². The summed E-state index contributed by atoms with van der Waals surface area (Å²) in [7, 11) is 0. The molecule has 0 N–H and O–H groups in total. The van der Waals surface area contributed by atoms with E-state index >= 15 is 0 Å². The highest BCUT2D eigenvalue weighted by Crippen LogP contribution is 2.12. The van der Waals surface area contributed by atoms with Crippen LogP contribution in [0.4, 0.5) is 4.39 Å². The summed E-state index contributed by atoms with van der Waals surface area (Å²) in [6.07, 6.45) is -0.113. The van der Waals surface area contributed by atoms with E-state index in [1.165, 1.54) is 19.1 Å². The van der Waals surface area contributed by atoms with Crippen LogP contribution < -0.4 is 0 Å². The van der Waals surface area contributed by atoms with Gasteiger partial charge in [-0.25, -0.2) is 4.39 Å². The lowest BCUT2D eigenvalue weighted by atomic mass is 10.1. The minimum Gasteiger partial charge on any atom is -0.466 e. The first-order valence-electron chi connectivity index (χ1n) is 4.99. The molecule has 0 fully saturated rings.